The number of aromatic nitrogens is 4. The third-order valence-corrected chi connectivity index (χ3v) is 5.46. The summed E-state index contributed by atoms with van der Waals surface area (Å²) >= 11 is 0. The van der Waals surface area contributed by atoms with Gasteiger partial charge in [0.1, 0.15) is 5.82 Å². The predicted molar refractivity (Wildman–Crippen MR) is 130 cm³/mol. The molecule has 8 nitrogen and oxygen atoms in total. The van der Waals surface area contributed by atoms with Crippen molar-refractivity contribution >= 4 is 16.6 Å². The van der Waals surface area contributed by atoms with Crippen molar-refractivity contribution in [3.8, 4) is 11.1 Å². The van der Waals surface area contributed by atoms with Crippen molar-refractivity contribution in [1.29, 1.82) is 0 Å². The molecule has 0 aliphatic carbocycles. The molecule has 0 amide bonds. The first kappa shape index (κ1) is 23.7. The summed E-state index contributed by atoms with van der Waals surface area (Å²) in [5.41, 5.74) is 5.40. The lowest BCUT2D eigenvalue weighted by atomic mass is 10.1. The Balaban J connectivity index is 1.14. The van der Waals surface area contributed by atoms with E-state index in [1.54, 1.807) is 12.4 Å². The number of halogens is 1. The number of fused-ring (bicyclic) bond motifs is 1. The van der Waals surface area contributed by atoms with E-state index >= 15 is 0 Å². The van der Waals surface area contributed by atoms with Crippen molar-refractivity contribution in [3.05, 3.63) is 71.9 Å². The number of H-pyrrole nitrogens is 1. The van der Waals surface area contributed by atoms with Crippen LogP contribution in [0, 0.1) is 5.82 Å². The molecule has 0 aliphatic rings. The number of benzene rings is 2. The first-order chi connectivity index (χ1) is 16.7. The highest BCUT2D eigenvalue weighted by molar-refractivity contribution is 5.95. The first-order valence-corrected chi connectivity index (χ1v) is 11.4. The molecular weight excluding hydrogens is 435 g/mol. The largest absolute Gasteiger partial charge is 0.392 e. The standard InChI is InChI=1S/C25H29FN6O2/c26-22-10-18(9-19(11-22)17-33)14-27-4-1-2-7-34-8-6-28-24-12-21(20-3-5-29-30-15-20)13-25-23(24)16-31-32-25/h3,5,9-13,15-16,27-28,33H,1-2,4,6-8,14,17H2,(H,31,32). The van der Waals surface area contributed by atoms with E-state index in [0.717, 1.165) is 52.7 Å². The van der Waals surface area contributed by atoms with Gasteiger partial charge in [-0.2, -0.15) is 15.3 Å². The van der Waals surface area contributed by atoms with Crippen LogP contribution in [0.5, 0.6) is 0 Å². The number of aliphatic hydroxyl groups excluding tert-OH is 1. The second-order valence-electron chi connectivity index (χ2n) is 8.04. The quantitative estimate of drug-likeness (QED) is 0.224. The number of aliphatic hydroxyl groups is 1. The highest BCUT2D eigenvalue weighted by Gasteiger charge is 2.08. The van der Waals surface area contributed by atoms with Crippen molar-refractivity contribution in [2.45, 2.75) is 26.0 Å². The molecule has 2 aromatic heterocycles. The van der Waals surface area contributed by atoms with Crippen LogP contribution in [0.1, 0.15) is 24.0 Å². The Hall–Kier alpha value is -3.40. The monoisotopic (exact) mass is 464 g/mol. The molecular formula is C25H29FN6O2. The maximum atomic E-state index is 13.5. The van der Waals surface area contributed by atoms with Crippen LogP contribution < -0.4 is 10.6 Å². The minimum Gasteiger partial charge on any atom is -0.392 e. The smallest absolute Gasteiger partial charge is 0.123 e. The van der Waals surface area contributed by atoms with Gasteiger partial charge in [0, 0.05) is 36.3 Å². The van der Waals surface area contributed by atoms with Crippen LogP contribution in [0.15, 0.2) is 55.0 Å². The predicted octanol–water partition coefficient (Wildman–Crippen LogP) is 3.65. The zero-order valence-corrected chi connectivity index (χ0v) is 18.9. The normalized spacial score (nSPS) is 11.2. The zero-order chi connectivity index (χ0) is 23.6. The lowest BCUT2D eigenvalue weighted by Crippen LogP contribution is -2.16. The van der Waals surface area contributed by atoms with E-state index < -0.39 is 0 Å². The molecule has 0 aliphatic heterocycles. The summed E-state index contributed by atoms with van der Waals surface area (Å²) in [6, 6.07) is 10.7. The summed E-state index contributed by atoms with van der Waals surface area (Å²) in [4.78, 5) is 0. The Morgan fingerprint density at radius 1 is 0.941 bits per heavy atom. The van der Waals surface area contributed by atoms with Crippen LogP contribution >= 0.6 is 0 Å². The van der Waals surface area contributed by atoms with Gasteiger partial charge in [-0.25, -0.2) is 4.39 Å². The van der Waals surface area contributed by atoms with Gasteiger partial charge in [0.05, 0.1) is 37.3 Å². The Morgan fingerprint density at radius 2 is 1.85 bits per heavy atom. The number of aromatic amines is 1. The fourth-order valence-electron chi connectivity index (χ4n) is 3.78. The van der Waals surface area contributed by atoms with E-state index in [-0.39, 0.29) is 12.4 Å². The number of ether oxygens (including phenoxy) is 1. The molecule has 2 aromatic carbocycles. The summed E-state index contributed by atoms with van der Waals surface area (Å²) in [6.07, 6.45) is 7.14. The fourth-order valence-corrected chi connectivity index (χ4v) is 3.78. The Morgan fingerprint density at radius 3 is 2.71 bits per heavy atom. The molecule has 4 N–H and O–H groups in total. The number of nitrogens with zero attached hydrogens (tertiary/aromatic N) is 3. The van der Waals surface area contributed by atoms with Gasteiger partial charge >= 0.3 is 0 Å². The number of nitrogens with one attached hydrogen (secondary N) is 3. The average Bonchev–Trinajstić information content (AvgIpc) is 3.34. The average molecular weight is 465 g/mol. The van der Waals surface area contributed by atoms with Gasteiger partial charge in [0.25, 0.3) is 0 Å². The van der Waals surface area contributed by atoms with Gasteiger partial charge in [-0.05, 0) is 66.4 Å². The zero-order valence-electron chi connectivity index (χ0n) is 18.9. The molecule has 4 aromatic rings. The Kier molecular flexibility index (Phi) is 8.50. The summed E-state index contributed by atoms with van der Waals surface area (Å²) < 4.78 is 19.3. The minimum absolute atomic E-state index is 0.155. The SMILES string of the molecule is OCc1cc(F)cc(CNCCCCOCCNc2cc(-c3ccnnc3)cc3[nH]ncc23)c1. The second kappa shape index (κ2) is 12.2. The molecule has 34 heavy (non-hydrogen) atoms. The van der Waals surface area contributed by atoms with E-state index in [1.165, 1.54) is 12.1 Å². The highest BCUT2D eigenvalue weighted by atomic mass is 19.1. The number of hydrogen-bond donors (Lipinski definition) is 4. The van der Waals surface area contributed by atoms with Gasteiger partial charge in [-0.3, -0.25) is 5.10 Å². The number of anilines is 1. The second-order valence-corrected chi connectivity index (χ2v) is 8.04. The van der Waals surface area contributed by atoms with Crippen LogP contribution in [0.3, 0.4) is 0 Å². The molecule has 0 saturated heterocycles. The summed E-state index contributed by atoms with van der Waals surface area (Å²) in [6.45, 7) is 3.21. The van der Waals surface area contributed by atoms with Crippen LogP contribution in [-0.4, -0.2) is 51.8 Å². The number of unbranched alkanes of at least 4 members (excludes halogenated alkanes) is 1. The minimum atomic E-state index is -0.319. The molecule has 0 fully saturated rings. The number of rotatable bonds is 13. The molecule has 0 spiro atoms. The van der Waals surface area contributed by atoms with Crippen molar-refractivity contribution < 1.29 is 14.2 Å². The van der Waals surface area contributed by atoms with Gasteiger partial charge in [-0.15, -0.1) is 0 Å². The third-order valence-electron chi connectivity index (χ3n) is 5.46. The van der Waals surface area contributed by atoms with Crippen LogP contribution in [0.4, 0.5) is 10.1 Å². The van der Waals surface area contributed by atoms with Crippen LogP contribution in [0.25, 0.3) is 22.0 Å². The fraction of sp³-hybridized carbons (Fsp3) is 0.320. The topological polar surface area (TPSA) is 108 Å². The molecule has 178 valence electrons. The van der Waals surface area contributed by atoms with Crippen molar-refractivity contribution in [1.82, 2.24) is 25.7 Å². The molecule has 0 atom stereocenters. The highest BCUT2D eigenvalue weighted by Crippen LogP contribution is 2.29. The summed E-state index contributed by atoms with van der Waals surface area (Å²) in [7, 11) is 0. The van der Waals surface area contributed by atoms with E-state index in [1.807, 2.05) is 18.3 Å². The molecule has 0 bridgehead atoms. The lowest BCUT2D eigenvalue weighted by molar-refractivity contribution is 0.140. The van der Waals surface area contributed by atoms with Crippen molar-refractivity contribution in [2.24, 2.45) is 0 Å². The summed E-state index contributed by atoms with van der Waals surface area (Å²) in [5.74, 6) is -0.319. The maximum absolute atomic E-state index is 13.5. The Bertz CT molecular complexity index is 1180. The molecule has 2 heterocycles. The van der Waals surface area contributed by atoms with Crippen LogP contribution in [-0.2, 0) is 17.9 Å². The van der Waals surface area contributed by atoms with Gasteiger partial charge in [0.15, 0.2) is 0 Å². The molecule has 4 rings (SSSR count). The summed E-state index contributed by atoms with van der Waals surface area (Å²) in [5, 5.41) is 31.9. The number of hydrogen-bond acceptors (Lipinski definition) is 7. The maximum Gasteiger partial charge on any atom is 0.123 e. The van der Waals surface area contributed by atoms with E-state index in [4.69, 9.17) is 9.84 Å². The van der Waals surface area contributed by atoms with Gasteiger partial charge in [0.2, 0.25) is 0 Å². The molecule has 0 saturated carbocycles. The third kappa shape index (κ3) is 6.57. The molecule has 0 unspecified atom stereocenters. The Labute approximate surface area is 197 Å². The van der Waals surface area contributed by atoms with E-state index in [9.17, 15) is 4.39 Å². The molecule has 9 heteroatoms. The van der Waals surface area contributed by atoms with E-state index in [0.29, 0.717) is 31.9 Å². The first-order valence-electron chi connectivity index (χ1n) is 11.4. The lowest BCUT2D eigenvalue weighted by Gasteiger charge is -2.11. The van der Waals surface area contributed by atoms with Crippen molar-refractivity contribution in [2.75, 3.05) is 31.6 Å². The van der Waals surface area contributed by atoms with Crippen molar-refractivity contribution in [3.63, 3.8) is 0 Å². The van der Waals surface area contributed by atoms with E-state index in [2.05, 4.69) is 43.2 Å². The molecule has 0 radical (unpaired) electrons. The van der Waals surface area contributed by atoms with Crippen LogP contribution in [0.2, 0.25) is 0 Å². The van der Waals surface area contributed by atoms with Gasteiger partial charge < -0.3 is 20.5 Å². The van der Waals surface area contributed by atoms with Gasteiger partial charge in [-0.1, -0.05) is 6.07 Å².